The average Bonchev–Trinajstić information content (AvgIpc) is 2.75. The van der Waals surface area contributed by atoms with Crippen LogP contribution in [0, 0.1) is 5.82 Å². The number of aromatic nitrogens is 2. The maximum absolute atomic E-state index is 13.6. The Labute approximate surface area is 109 Å². The second-order valence-corrected chi connectivity index (χ2v) is 4.39. The highest BCUT2D eigenvalue weighted by molar-refractivity contribution is 6.31. The highest BCUT2D eigenvalue weighted by Gasteiger charge is 2.14. The molecule has 0 amide bonds. The lowest BCUT2D eigenvalue weighted by molar-refractivity contribution is 0.0978. The fourth-order valence-electron chi connectivity index (χ4n) is 1.72. The van der Waals surface area contributed by atoms with Gasteiger partial charge in [0.2, 0.25) is 0 Å². The standard InChI is InChI=1S/C13H12ClFN2O/c1-17-8-7-16-12(17)6-5-11(18)9-3-2-4-10(14)13(9)15/h2-4,7-8H,5-6H2,1H3. The first-order valence-corrected chi connectivity index (χ1v) is 5.91. The molecule has 0 atom stereocenters. The number of imidazole rings is 1. The van der Waals surface area contributed by atoms with Crippen LogP contribution in [0.1, 0.15) is 22.6 Å². The van der Waals surface area contributed by atoms with E-state index in [0.717, 1.165) is 5.82 Å². The first-order chi connectivity index (χ1) is 8.59. The van der Waals surface area contributed by atoms with Crippen molar-refractivity contribution in [2.75, 3.05) is 0 Å². The summed E-state index contributed by atoms with van der Waals surface area (Å²) in [5, 5.41) is -0.0298. The van der Waals surface area contributed by atoms with E-state index < -0.39 is 5.82 Å². The Balaban J connectivity index is 2.09. The summed E-state index contributed by atoms with van der Waals surface area (Å²) in [4.78, 5) is 16.0. The molecule has 2 rings (SSSR count). The Morgan fingerprint density at radius 1 is 1.50 bits per heavy atom. The summed E-state index contributed by atoms with van der Waals surface area (Å²) in [7, 11) is 1.85. The number of Topliss-reactive ketones (excluding diaryl/α,β-unsaturated/α-hetero) is 1. The zero-order valence-corrected chi connectivity index (χ0v) is 10.6. The van der Waals surface area contributed by atoms with E-state index in [4.69, 9.17) is 11.6 Å². The largest absolute Gasteiger partial charge is 0.338 e. The Bertz CT molecular complexity index is 580. The number of halogens is 2. The molecule has 0 fully saturated rings. The number of hydrogen-bond donors (Lipinski definition) is 0. The van der Waals surface area contributed by atoms with Gasteiger partial charge in [0.25, 0.3) is 0 Å². The highest BCUT2D eigenvalue weighted by Crippen LogP contribution is 2.19. The number of nitrogens with zero attached hydrogens (tertiary/aromatic N) is 2. The first kappa shape index (κ1) is 12.8. The predicted octanol–water partition coefficient (Wildman–Crippen LogP) is 3.03. The molecule has 0 bridgehead atoms. The maximum Gasteiger partial charge on any atom is 0.166 e. The van der Waals surface area contributed by atoms with Crippen LogP contribution in [-0.4, -0.2) is 15.3 Å². The number of rotatable bonds is 4. The van der Waals surface area contributed by atoms with Crippen molar-refractivity contribution in [3.63, 3.8) is 0 Å². The van der Waals surface area contributed by atoms with E-state index in [2.05, 4.69) is 4.98 Å². The number of ketones is 1. The van der Waals surface area contributed by atoms with Crippen LogP contribution in [0.3, 0.4) is 0 Å². The molecule has 0 N–H and O–H groups in total. The van der Waals surface area contributed by atoms with E-state index in [1.54, 1.807) is 18.5 Å². The number of carbonyl (C=O) groups excluding carboxylic acids is 1. The summed E-state index contributed by atoms with van der Waals surface area (Å²) in [5.74, 6) is -0.118. The molecule has 0 aliphatic heterocycles. The van der Waals surface area contributed by atoms with Crippen molar-refractivity contribution >= 4 is 17.4 Å². The smallest absolute Gasteiger partial charge is 0.166 e. The molecule has 0 radical (unpaired) electrons. The van der Waals surface area contributed by atoms with E-state index in [9.17, 15) is 9.18 Å². The summed E-state index contributed by atoms with van der Waals surface area (Å²) < 4.78 is 15.5. The minimum atomic E-state index is -0.649. The molecule has 3 nitrogen and oxygen atoms in total. The van der Waals surface area contributed by atoms with Crippen LogP contribution in [0.25, 0.3) is 0 Å². The van der Waals surface area contributed by atoms with E-state index in [0.29, 0.717) is 6.42 Å². The Morgan fingerprint density at radius 2 is 2.28 bits per heavy atom. The first-order valence-electron chi connectivity index (χ1n) is 5.53. The fraction of sp³-hybridized carbons (Fsp3) is 0.231. The summed E-state index contributed by atoms with van der Waals surface area (Å²) in [5.41, 5.74) is 0.0386. The minimum absolute atomic E-state index is 0.0298. The second-order valence-electron chi connectivity index (χ2n) is 3.98. The third kappa shape index (κ3) is 2.59. The lowest BCUT2D eigenvalue weighted by Crippen LogP contribution is -2.06. The van der Waals surface area contributed by atoms with Crippen LogP contribution in [0.2, 0.25) is 5.02 Å². The summed E-state index contributed by atoms with van der Waals surface area (Å²) in [6.07, 6.45) is 4.16. The lowest BCUT2D eigenvalue weighted by Gasteiger charge is -2.04. The van der Waals surface area contributed by atoms with Crippen LogP contribution < -0.4 is 0 Å². The summed E-state index contributed by atoms with van der Waals surface area (Å²) in [6.45, 7) is 0. The Kier molecular flexibility index (Phi) is 3.77. The monoisotopic (exact) mass is 266 g/mol. The van der Waals surface area contributed by atoms with Crippen LogP contribution in [0.4, 0.5) is 4.39 Å². The van der Waals surface area contributed by atoms with Gasteiger partial charge in [0.05, 0.1) is 10.6 Å². The quantitative estimate of drug-likeness (QED) is 0.798. The van der Waals surface area contributed by atoms with Gasteiger partial charge in [-0.25, -0.2) is 9.37 Å². The topological polar surface area (TPSA) is 34.9 Å². The molecule has 1 aromatic carbocycles. The predicted molar refractivity (Wildman–Crippen MR) is 67.3 cm³/mol. The molecule has 2 aromatic rings. The molecule has 5 heteroatoms. The van der Waals surface area contributed by atoms with Gasteiger partial charge in [-0.1, -0.05) is 17.7 Å². The van der Waals surface area contributed by atoms with Crippen LogP contribution >= 0.6 is 11.6 Å². The SMILES string of the molecule is Cn1ccnc1CCC(=O)c1cccc(Cl)c1F. The van der Waals surface area contributed by atoms with Gasteiger partial charge in [-0.2, -0.15) is 0 Å². The van der Waals surface area contributed by atoms with Crippen molar-refractivity contribution in [2.45, 2.75) is 12.8 Å². The zero-order valence-electron chi connectivity index (χ0n) is 9.86. The van der Waals surface area contributed by atoms with Gasteiger partial charge in [-0.05, 0) is 12.1 Å². The molecule has 0 aliphatic carbocycles. The average molecular weight is 267 g/mol. The third-order valence-electron chi connectivity index (χ3n) is 2.75. The molecule has 0 aliphatic rings. The van der Waals surface area contributed by atoms with Gasteiger partial charge < -0.3 is 4.57 Å². The van der Waals surface area contributed by atoms with Crippen molar-refractivity contribution in [1.29, 1.82) is 0 Å². The van der Waals surface area contributed by atoms with Crippen molar-refractivity contribution in [2.24, 2.45) is 7.05 Å². The molecule has 1 heterocycles. The van der Waals surface area contributed by atoms with Crippen LogP contribution in [0.15, 0.2) is 30.6 Å². The van der Waals surface area contributed by atoms with Gasteiger partial charge >= 0.3 is 0 Å². The van der Waals surface area contributed by atoms with E-state index in [-0.39, 0.29) is 22.8 Å². The zero-order chi connectivity index (χ0) is 13.1. The highest BCUT2D eigenvalue weighted by atomic mass is 35.5. The van der Waals surface area contributed by atoms with E-state index >= 15 is 0 Å². The molecule has 0 saturated heterocycles. The Hall–Kier alpha value is -1.68. The second kappa shape index (κ2) is 5.31. The molecular weight excluding hydrogens is 255 g/mol. The van der Waals surface area contributed by atoms with Gasteiger partial charge in [0, 0.05) is 32.3 Å². The number of benzene rings is 1. The molecule has 0 saturated carbocycles. The molecule has 1 aromatic heterocycles. The molecule has 0 unspecified atom stereocenters. The normalized spacial score (nSPS) is 10.6. The third-order valence-corrected chi connectivity index (χ3v) is 3.04. The van der Waals surface area contributed by atoms with Crippen molar-refractivity contribution in [1.82, 2.24) is 9.55 Å². The van der Waals surface area contributed by atoms with Gasteiger partial charge in [-0.15, -0.1) is 0 Å². The molecule has 18 heavy (non-hydrogen) atoms. The van der Waals surface area contributed by atoms with Gasteiger partial charge in [-0.3, -0.25) is 4.79 Å². The van der Waals surface area contributed by atoms with Crippen molar-refractivity contribution in [3.8, 4) is 0 Å². The van der Waals surface area contributed by atoms with Crippen LogP contribution in [-0.2, 0) is 13.5 Å². The van der Waals surface area contributed by atoms with Crippen molar-refractivity contribution in [3.05, 3.63) is 52.8 Å². The van der Waals surface area contributed by atoms with Crippen LogP contribution in [0.5, 0.6) is 0 Å². The molecule has 0 spiro atoms. The minimum Gasteiger partial charge on any atom is -0.338 e. The van der Waals surface area contributed by atoms with E-state index in [1.807, 2.05) is 11.6 Å². The maximum atomic E-state index is 13.6. The van der Waals surface area contributed by atoms with Gasteiger partial charge in [0.1, 0.15) is 5.82 Å². The summed E-state index contributed by atoms with van der Waals surface area (Å²) >= 11 is 5.64. The number of aryl methyl sites for hydroxylation is 2. The Morgan fingerprint density at radius 3 is 2.94 bits per heavy atom. The fourth-order valence-corrected chi connectivity index (χ4v) is 1.89. The molecular formula is C13H12ClFN2O. The lowest BCUT2D eigenvalue weighted by atomic mass is 10.1. The number of hydrogen-bond acceptors (Lipinski definition) is 2. The van der Waals surface area contributed by atoms with Gasteiger partial charge in [0.15, 0.2) is 11.6 Å². The van der Waals surface area contributed by atoms with Crippen molar-refractivity contribution < 1.29 is 9.18 Å². The summed E-state index contributed by atoms with van der Waals surface area (Å²) in [6, 6.07) is 4.44. The molecule has 94 valence electrons. The number of carbonyl (C=O) groups is 1. The van der Waals surface area contributed by atoms with E-state index in [1.165, 1.54) is 12.1 Å².